The fraction of sp³-hybridized carbons (Fsp3) is 0.692. The van der Waals surface area contributed by atoms with E-state index in [0.717, 1.165) is 35.9 Å². The number of fused-ring (bicyclic) bond motifs is 1. The van der Waals surface area contributed by atoms with E-state index in [1.807, 2.05) is 7.05 Å². The van der Waals surface area contributed by atoms with Gasteiger partial charge in [-0.25, -0.2) is 9.97 Å². The van der Waals surface area contributed by atoms with Crippen molar-refractivity contribution >= 4 is 5.82 Å². The number of methoxy groups -OCH3 is 1. The molecule has 0 atom stereocenters. The first-order valence-corrected chi connectivity index (χ1v) is 6.56. The minimum absolute atomic E-state index is 0.593. The van der Waals surface area contributed by atoms with Crippen LogP contribution in [0.3, 0.4) is 0 Å². The quantitative estimate of drug-likeness (QED) is 0.737. The topological polar surface area (TPSA) is 65.5 Å². The third-order valence-corrected chi connectivity index (χ3v) is 3.01. The average Bonchev–Trinajstić information content (AvgIpc) is 2.46. The fourth-order valence-electron chi connectivity index (χ4n) is 2.01. The number of ether oxygens (including phenoxy) is 3. The molecule has 0 aromatic carbocycles. The predicted octanol–water partition coefficient (Wildman–Crippen LogP) is 0.796. The molecule has 0 saturated carbocycles. The van der Waals surface area contributed by atoms with Crippen molar-refractivity contribution in [3.63, 3.8) is 0 Å². The van der Waals surface area contributed by atoms with Crippen LogP contribution in [0.15, 0.2) is 0 Å². The first-order valence-electron chi connectivity index (χ1n) is 6.56. The van der Waals surface area contributed by atoms with Crippen LogP contribution in [0, 0.1) is 0 Å². The van der Waals surface area contributed by atoms with Crippen molar-refractivity contribution in [3.8, 4) is 0 Å². The number of anilines is 1. The molecule has 0 spiro atoms. The van der Waals surface area contributed by atoms with Gasteiger partial charge in [0.15, 0.2) is 0 Å². The van der Waals surface area contributed by atoms with E-state index in [1.54, 1.807) is 7.11 Å². The maximum absolute atomic E-state index is 5.45. The second-order valence-corrected chi connectivity index (χ2v) is 4.32. The highest BCUT2D eigenvalue weighted by Gasteiger charge is 2.17. The molecular weight excluding hydrogens is 246 g/mol. The Hall–Kier alpha value is -1.24. The molecule has 0 unspecified atom stereocenters. The van der Waals surface area contributed by atoms with Gasteiger partial charge in [0, 0.05) is 32.6 Å². The van der Waals surface area contributed by atoms with Crippen LogP contribution in [0.2, 0.25) is 0 Å². The van der Waals surface area contributed by atoms with Gasteiger partial charge in [-0.3, -0.25) is 0 Å². The van der Waals surface area contributed by atoms with Crippen LogP contribution in [-0.2, 0) is 33.7 Å². The molecule has 106 valence electrons. The third kappa shape index (κ3) is 3.86. The minimum atomic E-state index is 0.593. The predicted molar refractivity (Wildman–Crippen MR) is 71.3 cm³/mol. The third-order valence-electron chi connectivity index (χ3n) is 3.01. The summed E-state index contributed by atoms with van der Waals surface area (Å²) < 4.78 is 15.8. The Morgan fingerprint density at radius 2 is 2.16 bits per heavy atom. The summed E-state index contributed by atoms with van der Waals surface area (Å²) in [7, 11) is 3.54. The number of rotatable bonds is 7. The Balaban J connectivity index is 1.97. The van der Waals surface area contributed by atoms with E-state index >= 15 is 0 Å². The number of aromatic nitrogens is 2. The molecule has 1 aromatic heterocycles. The van der Waals surface area contributed by atoms with E-state index in [0.29, 0.717) is 32.8 Å². The minimum Gasteiger partial charge on any atom is -0.382 e. The van der Waals surface area contributed by atoms with Gasteiger partial charge in [-0.05, 0) is 0 Å². The van der Waals surface area contributed by atoms with E-state index < -0.39 is 0 Å². The second-order valence-electron chi connectivity index (χ2n) is 4.32. The van der Waals surface area contributed by atoms with Crippen LogP contribution in [-0.4, -0.2) is 50.6 Å². The van der Waals surface area contributed by atoms with Crippen molar-refractivity contribution < 1.29 is 14.2 Å². The lowest BCUT2D eigenvalue weighted by Gasteiger charge is -2.19. The van der Waals surface area contributed by atoms with Crippen LogP contribution < -0.4 is 5.32 Å². The van der Waals surface area contributed by atoms with Crippen LogP contribution >= 0.6 is 0 Å². The van der Waals surface area contributed by atoms with Gasteiger partial charge in [-0.2, -0.15) is 0 Å². The summed E-state index contributed by atoms with van der Waals surface area (Å²) in [5.74, 6) is 1.69. The van der Waals surface area contributed by atoms with Gasteiger partial charge in [-0.1, -0.05) is 0 Å². The molecule has 2 rings (SSSR count). The SMILES string of the molecule is CNc1nc(CCOCCOC)nc2c1COCC2. The molecule has 1 aliphatic rings. The summed E-state index contributed by atoms with van der Waals surface area (Å²) in [5.41, 5.74) is 2.18. The van der Waals surface area contributed by atoms with Crippen molar-refractivity contribution in [3.05, 3.63) is 17.1 Å². The molecule has 6 nitrogen and oxygen atoms in total. The fourth-order valence-corrected chi connectivity index (χ4v) is 2.01. The van der Waals surface area contributed by atoms with E-state index in [1.165, 1.54) is 0 Å². The molecule has 19 heavy (non-hydrogen) atoms. The lowest BCUT2D eigenvalue weighted by Crippen LogP contribution is -2.18. The molecule has 6 heteroatoms. The molecule has 2 heterocycles. The van der Waals surface area contributed by atoms with E-state index in [2.05, 4.69) is 15.3 Å². The highest BCUT2D eigenvalue weighted by Crippen LogP contribution is 2.21. The molecule has 0 aliphatic carbocycles. The van der Waals surface area contributed by atoms with Crippen molar-refractivity contribution in [2.75, 3.05) is 45.9 Å². The lowest BCUT2D eigenvalue weighted by atomic mass is 10.1. The van der Waals surface area contributed by atoms with E-state index in [4.69, 9.17) is 14.2 Å². The van der Waals surface area contributed by atoms with Crippen LogP contribution in [0.5, 0.6) is 0 Å². The van der Waals surface area contributed by atoms with Crippen molar-refractivity contribution in [2.24, 2.45) is 0 Å². The summed E-state index contributed by atoms with van der Waals surface area (Å²) in [6.45, 7) is 3.16. The zero-order valence-electron chi connectivity index (χ0n) is 11.6. The molecule has 0 radical (unpaired) electrons. The Bertz CT molecular complexity index is 395. The molecular formula is C13H21N3O3. The van der Waals surface area contributed by atoms with E-state index in [-0.39, 0.29) is 0 Å². The first-order chi connectivity index (χ1) is 9.35. The van der Waals surface area contributed by atoms with Crippen molar-refractivity contribution in [1.29, 1.82) is 0 Å². The monoisotopic (exact) mass is 267 g/mol. The zero-order valence-corrected chi connectivity index (χ0v) is 11.6. The van der Waals surface area contributed by atoms with Gasteiger partial charge >= 0.3 is 0 Å². The van der Waals surface area contributed by atoms with Crippen LogP contribution in [0.25, 0.3) is 0 Å². The van der Waals surface area contributed by atoms with Gasteiger partial charge in [0.1, 0.15) is 11.6 Å². The number of nitrogens with zero attached hydrogens (tertiary/aromatic N) is 2. The molecule has 0 saturated heterocycles. The van der Waals surface area contributed by atoms with Gasteiger partial charge in [0.25, 0.3) is 0 Å². The molecule has 0 amide bonds. The zero-order chi connectivity index (χ0) is 13.5. The summed E-state index contributed by atoms with van der Waals surface area (Å²) >= 11 is 0. The van der Waals surface area contributed by atoms with Crippen LogP contribution in [0.4, 0.5) is 5.82 Å². The largest absolute Gasteiger partial charge is 0.382 e. The average molecular weight is 267 g/mol. The summed E-state index contributed by atoms with van der Waals surface area (Å²) in [4.78, 5) is 9.11. The number of hydrogen-bond donors (Lipinski definition) is 1. The lowest BCUT2D eigenvalue weighted by molar-refractivity contribution is 0.0715. The molecule has 0 fully saturated rings. The van der Waals surface area contributed by atoms with E-state index in [9.17, 15) is 0 Å². The first kappa shape index (κ1) is 14.2. The van der Waals surface area contributed by atoms with Gasteiger partial charge in [-0.15, -0.1) is 0 Å². The smallest absolute Gasteiger partial charge is 0.135 e. The number of hydrogen-bond acceptors (Lipinski definition) is 6. The Kier molecular flexibility index (Phi) is 5.50. The summed E-state index contributed by atoms with van der Waals surface area (Å²) in [5, 5.41) is 3.11. The van der Waals surface area contributed by atoms with Gasteiger partial charge in [0.05, 0.1) is 38.7 Å². The van der Waals surface area contributed by atoms with Gasteiger partial charge in [0.2, 0.25) is 0 Å². The molecule has 1 aromatic rings. The maximum atomic E-state index is 5.45. The molecule has 1 N–H and O–H groups in total. The highest BCUT2D eigenvalue weighted by atomic mass is 16.5. The van der Waals surface area contributed by atoms with Gasteiger partial charge < -0.3 is 19.5 Å². The Morgan fingerprint density at radius 3 is 2.95 bits per heavy atom. The Labute approximate surface area is 113 Å². The standard InChI is InChI=1S/C13H21N3O3/c1-14-13-10-9-19-5-3-11(10)15-12(16-13)4-6-18-8-7-17-2/h3-9H2,1-2H3,(H,14,15,16). The maximum Gasteiger partial charge on any atom is 0.135 e. The van der Waals surface area contributed by atoms with Crippen molar-refractivity contribution in [2.45, 2.75) is 19.4 Å². The van der Waals surface area contributed by atoms with Crippen molar-refractivity contribution in [1.82, 2.24) is 9.97 Å². The molecule has 1 aliphatic heterocycles. The number of nitrogens with one attached hydrogen (secondary N) is 1. The highest BCUT2D eigenvalue weighted by molar-refractivity contribution is 5.46. The molecule has 0 bridgehead atoms. The van der Waals surface area contributed by atoms with Crippen LogP contribution in [0.1, 0.15) is 17.1 Å². The summed E-state index contributed by atoms with van der Waals surface area (Å²) in [6, 6.07) is 0. The summed E-state index contributed by atoms with van der Waals surface area (Å²) in [6.07, 6.45) is 1.57. The second kappa shape index (κ2) is 7.37. The Morgan fingerprint density at radius 1 is 1.26 bits per heavy atom. The normalized spacial score (nSPS) is 14.2.